The minimum Gasteiger partial charge on any atom is -0.319 e. The lowest BCUT2D eigenvalue weighted by atomic mass is 9.46. The van der Waals surface area contributed by atoms with Crippen molar-refractivity contribution in [3.63, 3.8) is 0 Å². The summed E-state index contributed by atoms with van der Waals surface area (Å²) in [6.07, 6.45) is 11.4. The summed E-state index contributed by atoms with van der Waals surface area (Å²) in [5, 5.41) is 3.37. The summed E-state index contributed by atoms with van der Waals surface area (Å²) >= 11 is 0. The van der Waals surface area contributed by atoms with Gasteiger partial charge in [0.05, 0.1) is 0 Å². The molecule has 4 aliphatic carbocycles. The largest absolute Gasteiger partial charge is 0.319 e. The number of hydrogen-bond donors (Lipinski definition) is 1. The minimum atomic E-state index is 0.638. The van der Waals surface area contributed by atoms with Crippen LogP contribution in [0.15, 0.2) is 12.7 Å². The average Bonchev–Trinajstić information content (AvgIpc) is 2.23. The second kappa shape index (κ2) is 3.87. The Bertz CT molecular complexity index is 246. The van der Waals surface area contributed by atoms with Crippen LogP contribution in [0.1, 0.15) is 38.5 Å². The van der Waals surface area contributed by atoms with Gasteiger partial charge in [-0.25, -0.2) is 0 Å². The van der Waals surface area contributed by atoms with Gasteiger partial charge in [0, 0.05) is 6.54 Å². The van der Waals surface area contributed by atoms with Crippen LogP contribution >= 0.6 is 0 Å². The Labute approximate surface area is 99.7 Å². The Morgan fingerprint density at radius 1 is 1.19 bits per heavy atom. The Hall–Kier alpha value is -0.300. The van der Waals surface area contributed by atoms with Crippen molar-refractivity contribution in [3.05, 3.63) is 12.7 Å². The SMILES string of the molecule is C=CC(CNC)C12CC3CC(CC(C3)C1)C2. The third kappa shape index (κ3) is 1.55. The smallest absolute Gasteiger partial charge is 0.00164 e. The van der Waals surface area contributed by atoms with Crippen LogP contribution in [0.4, 0.5) is 0 Å². The lowest BCUT2D eigenvalue weighted by molar-refractivity contribution is -0.0755. The summed E-state index contributed by atoms with van der Waals surface area (Å²) in [5.74, 6) is 3.90. The van der Waals surface area contributed by atoms with Gasteiger partial charge >= 0.3 is 0 Å². The molecule has 4 rings (SSSR count). The molecule has 90 valence electrons. The van der Waals surface area contributed by atoms with Crippen LogP contribution in [-0.2, 0) is 0 Å². The molecule has 0 aliphatic heterocycles. The van der Waals surface area contributed by atoms with Crippen molar-refractivity contribution >= 4 is 0 Å². The lowest BCUT2D eigenvalue weighted by Gasteiger charge is -2.59. The standard InChI is InChI=1S/C15H25N/c1-3-14(10-16-2)15-7-11-4-12(8-15)6-13(5-11)9-15/h3,11-14,16H,1,4-10H2,2H3. The molecule has 16 heavy (non-hydrogen) atoms. The average molecular weight is 219 g/mol. The predicted molar refractivity (Wildman–Crippen MR) is 68.2 cm³/mol. The number of hydrogen-bond acceptors (Lipinski definition) is 1. The molecule has 1 nitrogen and oxygen atoms in total. The molecule has 4 aliphatic rings. The lowest BCUT2D eigenvalue weighted by Crippen LogP contribution is -2.50. The van der Waals surface area contributed by atoms with Gasteiger partial charge in [-0.05, 0) is 74.7 Å². The van der Waals surface area contributed by atoms with E-state index in [9.17, 15) is 0 Å². The van der Waals surface area contributed by atoms with Crippen LogP contribution in [0.25, 0.3) is 0 Å². The Morgan fingerprint density at radius 2 is 1.69 bits per heavy atom. The molecule has 1 heteroatoms. The first-order valence-corrected chi connectivity index (χ1v) is 7.03. The van der Waals surface area contributed by atoms with E-state index in [0.29, 0.717) is 11.3 Å². The molecule has 4 bridgehead atoms. The Balaban J connectivity index is 1.84. The van der Waals surface area contributed by atoms with Crippen molar-refractivity contribution in [2.24, 2.45) is 29.1 Å². The van der Waals surface area contributed by atoms with Crippen LogP contribution in [0.3, 0.4) is 0 Å². The molecule has 0 amide bonds. The van der Waals surface area contributed by atoms with Crippen LogP contribution < -0.4 is 5.32 Å². The molecule has 0 aromatic heterocycles. The van der Waals surface area contributed by atoms with Gasteiger partial charge in [-0.15, -0.1) is 6.58 Å². The maximum atomic E-state index is 4.10. The molecule has 4 fully saturated rings. The predicted octanol–water partition coefficient (Wildman–Crippen LogP) is 3.22. The third-order valence-electron chi connectivity index (χ3n) is 5.58. The van der Waals surface area contributed by atoms with Gasteiger partial charge in [-0.1, -0.05) is 6.08 Å². The second-order valence-corrected chi connectivity index (χ2v) is 6.68. The van der Waals surface area contributed by atoms with Crippen molar-refractivity contribution in [1.29, 1.82) is 0 Å². The molecule has 0 saturated heterocycles. The van der Waals surface area contributed by atoms with Gasteiger partial charge in [-0.3, -0.25) is 0 Å². The van der Waals surface area contributed by atoms with Crippen molar-refractivity contribution in [1.82, 2.24) is 5.32 Å². The van der Waals surface area contributed by atoms with Gasteiger partial charge in [0.1, 0.15) is 0 Å². The topological polar surface area (TPSA) is 12.0 Å². The fourth-order valence-corrected chi connectivity index (χ4v) is 5.40. The molecule has 0 spiro atoms. The fraction of sp³-hybridized carbons (Fsp3) is 0.867. The van der Waals surface area contributed by atoms with E-state index in [1.165, 1.54) is 19.3 Å². The highest BCUT2D eigenvalue weighted by molar-refractivity contribution is 5.07. The summed E-state index contributed by atoms with van der Waals surface area (Å²) in [6.45, 7) is 5.23. The summed E-state index contributed by atoms with van der Waals surface area (Å²) in [4.78, 5) is 0. The van der Waals surface area contributed by atoms with Gasteiger partial charge < -0.3 is 5.32 Å². The zero-order valence-electron chi connectivity index (χ0n) is 10.5. The van der Waals surface area contributed by atoms with E-state index in [2.05, 4.69) is 25.0 Å². The molecule has 0 aromatic rings. The molecule has 1 unspecified atom stereocenters. The second-order valence-electron chi connectivity index (χ2n) is 6.68. The van der Waals surface area contributed by atoms with Crippen LogP contribution in [0.5, 0.6) is 0 Å². The van der Waals surface area contributed by atoms with Crippen LogP contribution in [-0.4, -0.2) is 13.6 Å². The summed E-state index contributed by atoms with van der Waals surface area (Å²) in [6, 6.07) is 0. The number of nitrogens with one attached hydrogen (secondary N) is 1. The van der Waals surface area contributed by atoms with Gasteiger partial charge in [0.25, 0.3) is 0 Å². The van der Waals surface area contributed by atoms with Gasteiger partial charge in [0.2, 0.25) is 0 Å². The first kappa shape index (κ1) is 10.8. The highest BCUT2D eigenvalue weighted by Gasteiger charge is 2.53. The maximum absolute atomic E-state index is 4.10. The van der Waals surface area contributed by atoms with E-state index in [4.69, 9.17) is 0 Å². The van der Waals surface area contributed by atoms with E-state index in [1.54, 1.807) is 19.3 Å². The number of rotatable bonds is 4. The zero-order valence-corrected chi connectivity index (χ0v) is 10.5. The normalized spacial score (nSPS) is 46.9. The Kier molecular flexibility index (Phi) is 2.62. The highest BCUT2D eigenvalue weighted by atomic mass is 14.8. The van der Waals surface area contributed by atoms with Crippen molar-refractivity contribution in [2.75, 3.05) is 13.6 Å². The van der Waals surface area contributed by atoms with Crippen molar-refractivity contribution in [3.8, 4) is 0 Å². The first-order valence-electron chi connectivity index (χ1n) is 7.03. The van der Waals surface area contributed by atoms with E-state index in [-0.39, 0.29) is 0 Å². The minimum absolute atomic E-state index is 0.638. The monoisotopic (exact) mass is 219 g/mol. The quantitative estimate of drug-likeness (QED) is 0.716. The molecule has 1 atom stereocenters. The molecular weight excluding hydrogens is 194 g/mol. The first-order chi connectivity index (χ1) is 7.75. The Morgan fingerprint density at radius 3 is 2.06 bits per heavy atom. The molecule has 0 radical (unpaired) electrons. The van der Waals surface area contributed by atoms with Crippen LogP contribution in [0, 0.1) is 29.1 Å². The molecule has 4 saturated carbocycles. The van der Waals surface area contributed by atoms with E-state index < -0.39 is 0 Å². The van der Waals surface area contributed by atoms with E-state index in [0.717, 1.165) is 24.3 Å². The van der Waals surface area contributed by atoms with E-state index >= 15 is 0 Å². The highest BCUT2D eigenvalue weighted by Crippen LogP contribution is 2.62. The van der Waals surface area contributed by atoms with E-state index in [1.807, 2.05) is 0 Å². The van der Waals surface area contributed by atoms with Gasteiger partial charge in [0.15, 0.2) is 0 Å². The molecular formula is C15H25N. The molecule has 1 N–H and O–H groups in total. The molecule has 0 aromatic carbocycles. The zero-order chi connectivity index (χ0) is 11.2. The summed E-state index contributed by atoms with van der Waals surface area (Å²) < 4.78 is 0. The summed E-state index contributed by atoms with van der Waals surface area (Å²) in [5.41, 5.74) is 0.638. The van der Waals surface area contributed by atoms with Gasteiger partial charge in [-0.2, -0.15) is 0 Å². The van der Waals surface area contributed by atoms with Crippen molar-refractivity contribution < 1.29 is 0 Å². The third-order valence-corrected chi connectivity index (χ3v) is 5.58. The summed E-state index contributed by atoms with van der Waals surface area (Å²) in [7, 11) is 2.08. The maximum Gasteiger partial charge on any atom is 0.00164 e. The van der Waals surface area contributed by atoms with Crippen molar-refractivity contribution in [2.45, 2.75) is 38.5 Å². The molecule has 0 heterocycles. The van der Waals surface area contributed by atoms with Crippen LogP contribution in [0.2, 0.25) is 0 Å². The fourth-order valence-electron chi connectivity index (χ4n) is 5.40.